The van der Waals surface area contributed by atoms with Crippen molar-refractivity contribution >= 4 is 33.4 Å². The van der Waals surface area contributed by atoms with Gasteiger partial charge in [0, 0.05) is 30.1 Å². The molecule has 0 atom stereocenters. The molecule has 0 saturated heterocycles. The molecule has 3 aromatic rings. The molecule has 2 heterocycles. The van der Waals surface area contributed by atoms with E-state index in [9.17, 15) is 4.79 Å². The van der Waals surface area contributed by atoms with Gasteiger partial charge in [-0.3, -0.25) is 4.79 Å². The van der Waals surface area contributed by atoms with Crippen LogP contribution in [-0.2, 0) is 7.05 Å². The van der Waals surface area contributed by atoms with Crippen LogP contribution in [0.3, 0.4) is 0 Å². The minimum Gasteiger partial charge on any atom is -0.342 e. The van der Waals surface area contributed by atoms with Gasteiger partial charge in [0.05, 0.1) is 16.1 Å². The molecule has 80 valence electrons. The summed E-state index contributed by atoms with van der Waals surface area (Å²) in [6.45, 7) is 0. The Hall–Kier alpha value is -1.74. The van der Waals surface area contributed by atoms with Gasteiger partial charge in [0.15, 0.2) is 0 Å². The summed E-state index contributed by atoms with van der Waals surface area (Å²) < 4.78 is 2.02. The maximum Gasteiger partial charge on any atom is 0.248 e. The van der Waals surface area contributed by atoms with E-state index in [1.807, 2.05) is 29.8 Å². The van der Waals surface area contributed by atoms with Gasteiger partial charge in [-0.05, 0) is 12.1 Å². The number of H-pyrrole nitrogens is 1. The quantitative estimate of drug-likeness (QED) is 0.636. The Morgan fingerprint density at radius 3 is 2.94 bits per heavy atom. The van der Waals surface area contributed by atoms with E-state index >= 15 is 0 Å². The van der Waals surface area contributed by atoms with Gasteiger partial charge in [-0.15, -0.1) is 0 Å². The number of nitrogens with one attached hydrogen (secondary N) is 1. The third-order valence-electron chi connectivity index (χ3n) is 2.89. The molecule has 0 aliphatic rings. The summed E-state index contributed by atoms with van der Waals surface area (Å²) in [5.74, 6) is 0. The minimum absolute atomic E-state index is 0.111. The zero-order valence-corrected chi connectivity index (χ0v) is 9.38. The van der Waals surface area contributed by atoms with Crippen LogP contribution in [0, 0.1) is 0 Å². The van der Waals surface area contributed by atoms with Gasteiger partial charge in [0.25, 0.3) is 0 Å². The van der Waals surface area contributed by atoms with Gasteiger partial charge in [-0.25, -0.2) is 0 Å². The molecular weight excluding hydrogens is 224 g/mol. The first-order valence-electron chi connectivity index (χ1n) is 4.94. The Labute approximate surface area is 96.3 Å². The molecule has 0 spiro atoms. The van der Waals surface area contributed by atoms with Crippen molar-refractivity contribution in [1.29, 1.82) is 0 Å². The maximum absolute atomic E-state index is 11.3. The topological polar surface area (TPSA) is 37.8 Å². The van der Waals surface area contributed by atoms with Gasteiger partial charge in [-0.1, -0.05) is 17.7 Å². The van der Waals surface area contributed by atoms with E-state index in [0.29, 0.717) is 5.02 Å². The summed E-state index contributed by atoms with van der Waals surface area (Å²) in [6.07, 6.45) is 1.72. The molecule has 3 nitrogen and oxygen atoms in total. The lowest BCUT2D eigenvalue weighted by Gasteiger charge is -1.96. The first-order chi connectivity index (χ1) is 7.68. The highest BCUT2D eigenvalue weighted by molar-refractivity contribution is 6.38. The monoisotopic (exact) mass is 232 g/mol. The Morgan fingerprint density at radius 2 is 2.12 bits per heavy atom. The van der Waals surface area contributed by atoms with Crippen LogP contribution in [-0.4, -0.2) is 9.55 Å². The predicted octanol–water partition coefficient (Wildman–Crippen LogP) is 2.67. The van der Waals surface area contributed by atoms with Crippen LogP contribution in [0.15, 0.2) is 35.3 Å². The molecule has 0 amide bonds. The fraction of sp³-hybridized carbons (Fsp3) is 0.0833. The standard InChI is InChI=1S/C12H9ClN2O/c1-15-9-4-2-3-8(13)12(9)7-5-11(16)14-6-10(7)15/h2-6H,1H3,(H,14,16). The number of hydrogen-bond acceptors (Lipinski definition) is 1. The highest BCUT2D eigenvalue weighted by Gasteiger charge is 2.10. The maximum atomic E-state index is 11.3. The van der Waals surface area contributed by atoms with Crippen LogP contribution in [0.5, 0.6) is 0 Å². The molecule has 0 aliphatic heterocycles. The molecule has 0 fully saturated rings. The lowest BCUT2D eigenvalue weighted by atomic mass is 10.2. The number of pyridine rings is 1. The second-order valence-electron chi connectivity index (χ2n) is 3.79. The smallest absolute Gasteiger partial charge is 0.248 e. The second kappa shape index (κ2) is 3.12. The third kappa shape index (κ3) is 1.12. The zero-order chi connectivity index (χ0) is 11.3. The normalized spacial score (nSPS) is 11.4. The summed E-state index contributed by atoms with van der Waals surface area (Å²) in [5, 5.41) is 2.51. The summed E-state index contributed by atoms with van der Waals surface area (Å²) in [5.41, 5.74) is 1.89. The van der Waals surface area contributed by atoms with Crippen LogP contribution in [0.25, 0.3) is 21.8 Å². The number of aromatic nitrogens is 2. The Morgan fingerprint density at radius 1 is 1.31 bits per heavy atom. The molecule has 4 heteroatoms. The van der Waals surface area contributed by atoms with Gasteiger partial charge >= 0.3 is 0 Å². The van der Waals surface area contributed by atoms with E-state index in [4.69, 9.17) is 11.6 Å². The van der Waals surface area contributed by atoms with Gasteiger partial charge < -0.3 is 9.55 Å². The van der Waals surface area contributed by atoms with E-state index in [1.54, 1.807) is 12.3 Å². The molecule has 3 rings (SSSR count). The number of aryl methyl sites for hydroxylation is 1. The molecule has 0 aliphatic carbocycles. The molecule has 0 bridgehead atoms. The van der Waals surface area contributed by atoms with Crippen molar-refractivity contribution in [2.75, 3.05) is 0 Å². The van der Waals surface area contributed by atoms with Crippen LogP contribution >= 0.6 is 11.6 Å². The fourth-order valence-corrected chi connectivity index (χ4v) is 2.40. The van der Waals surface area contributed by atoms with Crippen LogP contribution in [0.1, 0.15) is 0 Å². The molecule has 0 radical (unpaired) electrons. The van der Waals surface area contributed by atoms with Gasteiger partial charge in [0.2, 0.25) is 5.56 Å². The van der Waals surface area contributed by atoms with Crippen molar-refractivity contribution in [1.82, 2.24) is 9.55 Å². The number of halogens is 1. The van der Waals surface area contributed by atoms with Crippen LogP contribution in [0.2, 0.25) is 5.02 Å². The van der Waals surface area contributed by atoms with Crippen LogP contribution in [0.4, 0.5) is 0 Å². The van der Waals surface area contributed by atoms with Crippen molar-refractivity contribution in [3.05, 3.63) is 45.8 Å². The molecule has 0 saturated carbocycles. The number of aromatic amines is 1. The Kier molecular flexibility index (Phi) is 1.85. The van der Waals surface area contributed by atoms with E-state index in [2.05, 4.69) is 4.98 Å². The summed E-state index contributed by atoms with van der Waals surface area (Å²) >= 11 is 6.18. The highest BCUT2D eigenvalue weighted by atomic mass is 35.5. The minimum atomic E-state index is -0.111. The van der Waals surface area contributed by atoms with Crippen molar-refractivity contribution in [3.63, 3.8) is 0 Å². The van der Waals surface area contributed by atoms with Crippen molar-refractivity contribution in [3.8, 4) is 0 Å². The number of hydrogen-bond donors (Lipinski definition) is 1. The van der Waals surface area contributed by atoms with Crippen molar-refractivity contribution in [2.45, 2.75) is 0 Å². The van der Waals surface area contributed by atoms with E-state index in [-0.39, 0.29) is 5.56 Å². The number of rotatable bonds is 0. The van der Waals surface area contributed by atoms with E-state index in [0.717, 1.165) is 21.8 Å². The van der Waals surface area contributed by atoms with Crippen molar-refractivity contribution in [2.24, 2.45) is 7.05 Å². The number of fused-ring (bicyclic) bond motifs is 3. The molecule has 0 unspecified atom stereocenters. The summed E-state index contributed by atoms with van der Waals surface area (Å²) in [7, 11) is 1.96. The lowest BCUT2D eigenvalue weighted by Crippen LogP contribution is -2.01. The highest BCUT2D eigenvalue weighted by Crippen LogP contribution is 2.31. The first-order valence-corrected chi connectivity index (χ1v) is 5.31. The number of benzene rings is 1. The Bertz CT molecular complexity index is 755. The first kappa shape index (κ1) is 9.48. The van der Waals surface area contributed by atoms with Gasteiger partial charge in [0.1, 0.15) is 0 Å². The average molecular weight is 233 g/mol. The summed E-state index contributed by atoms with van der Waals surface area (Å²) in [6, 6.07) is 7.32. The number of nitrogens with zero attached hydrogens (tertiary/aromatic N) is 1. The lowest BCUT2D eigenvalue weighted by molar-refractivity contribution is 1.01. The molecule has 2 aromatic heterocycles. The largest absolute Gasteiger partial charge is 0.342 e. The Balaban J connectivity index is 2.72. The summed E-state index contributed by atoms with van der Waals surface area (Å²) in [4.78, 5) is 14.0. The molecular formula is C12H9ClN2O. The van der Waals surface area contributed by atoms with E-state index < -0.39 is 0 Å². The van der Waals surface area contributed by atoms with Gasteiger partial charge in [-0.2, -0.15) is 0 Å². The second-order valence-corrected chi connectivity index (χ2v) is 4.20. The van der Waals surface area contributed by atoms with E-state index in [1.165, 1.54) is 0 Å². The van der Waals surface area contributed by atoms with Crippen LogP contribution < -0.4 is 5.56 Å². The molecule has 1 aromatic carbocycles. The SMILES string of the molecule is Cn1c2c[nH]c(=O)cc2c2c(Cl)cccc21. The van der Waals surface area contributed by atoms with Crippen molar-refractivity contribution < 1.29 is 0 Å². The molecule has 16 heavy (non-hydrogen) atoms. The molecule has 1 N–H and O–H groups in total. The fourth-order valence-electron chi connectivity index (χ4n) is 2.13. The average Bonchev–Trinajstić information content (AvgIpc) is 2.54. The third-order valence-corrected chi connectivity index (χ3v) is 3.20. The zero-order valence-electron chi connectivity index (χ0n) is 8.62. The predicted molar refractivity (Wildman–Crippen MR) is 66.1 cm³/mol.